The van der Waals surface area contributed by atoms with Crippen molar-refractivity contribution >= 4 is 0 Å². The zero-order valence-corrected chi connectivity index (χ0v) is 10.3. The van der Waals surface area contributed by atoms with Crippen LogP contribution in [0.25, 0.3) is 0 Å². The quantitative estimate of drug-likeness (QED) is 0.830. The number of aliphatic hydroxyl groups excluding tert-OH is 1. The number of halogens is 2. The average Bonchev–Trinajstić information content (AvgIpc) is 2.30. The van der Waals surface area contributed by atoms with Crippen molar-refractivity contribution in [3.8, 4) is 0 Å². The predicted octanol–water partition coefficient (Wildman–Crippen LogP) is 2.73. The van der Waals surface area contributed by atoms with Gasteiger partial charge in [0.2, 0.25) is 0 Å². The Morgan fingerprint density at radius 2 is 2.00 bits per heavy atom. The second-order valence-electron chi connectivity index (χ2n) is 4.25. The Labute approximate surface area is 101 Å². The maximum Gasteiger partial charge on any atom is 0.164 e. The summed E-state index contributed by atoms with van der Waals surface area (Å²) in [5, 5.41) is 9.81. The van der Waals surface area contributed by atoms with E-state index in [0.29, 0.717) is 13.0 Å². The fourth-order valence-corrected chi connectivity index (χ4v) is 1.77. The molecular weight excluding hydrogens is 224 g/mol. The first-order valence-electron chi connectivity index (χ1n) is 5.86. The van der Waals surface area contributed by atoms with Gasteiger partial charge in [0.1, 0.15) is 0 Å². The molecule has 1 aromatic carbocycles. The third kappa shape index (κ3) is 4.06. The molecule has 0 heterocycles. The van der Waals surface area contributed by atoms with Gasteiger partial charge in [-0.1, -0.05) is 19.1 Å². The molecule has 0 aromatic heterocycles. The number of nitrogens with zero attached hydrogens (tertiary/aromatic N) is 1. The molecule has 0 aliphatic rings. The summed E-state index contributed by atoms with van der Waals surface area (Å²) >= 11 is 0. The van der Waals surface area contributed by atoms with E-state index in [1.54, 1.807) is 0 Å². The Morgan fingerprint density at radius 3 is 2.65 bits per heavy atom. The van der Waals surface area contributed by atoms with Gasteiger partial charge in [-0.2, -0.15) is 0 Å². The van der Waals surface area contributed by atoms with Gasteiger partial charge < -0.3 is 10.0 Å². The number of rotatable bonds is 6. The Kier molecular flexibility index (Phi) is 5.51. The molecule has 0 bridgehead atoms. The minimum absolute atomic E-state index is 0.0369. The van der Waals surface area contributed by atoms with Crippen molar-refractivity contribution in [1.29, 1.82) is 0 Å². The molecular formula is C13H19F2NO. The Hall–Kier alpha value is -1.00. The third-order valence-electron chi connectivity index (χ3n) is 2.73. The van der Waals surface area contributed by atoms with Gasteiger partial charge in [-0.05, 0) is 32.5 Å². The van der Waals surface area contributed by atoms with Crippen LogP contribution in [-0.2, 0) is 0 Å². The van der Waals surface area contributed by atoms with Crippen molar-refractivity contribution in [3.63, 3.8) is 0 Å². The van der Waals surface area contributed by atoms with Crippen molar-refractivity contribution in [2.75, 3.05) is 20.1 Å². The van der Waals surface area contributed by atoms with E-state index in [1.807, 2.05) is 7.05 Å². The topological polar surface area (TPSA) is 23.5 Å². The number of hydrogen-bond donors (Lipinski definition) is 1. The number of hydrogen-bond acceptors (Lipinski definition) is 2. The summed E-state index contributed by atoms with van der Waals surface area (Å²) in [4.78, 5) is 2.06. The third-order valence-corrected chi connectivity index (χ3v) is 2.73. The molecule has 1 atom stereocenters. The lowest BCUT2D eigenvalue weighted by molar-refractivity contribution is 0.144. The van der Waals surface area contributed by atoms with E-state index in [4.69, 9.17) is 0 Å². The molecule has 1 aromatic rings. The minimum Gasteiger partial charge on any atom is -0.388 e. The Morgan fingerprint density at radius 1 is 1.29 bits per heavy atom. The van der Waals surface area contributed by atoms with Crippen molar-refractivity contribution in [2.24, 2.45) is 0 Å². The van der Waals surface area contributed by atoms with Crippen LogP contribution >= 0.6 is 0 Å². The van der Waals surface area contributed by atoms with Crippen LogP contribution < -0.4 is 0 Å². The SMILES string of the molecule is CCCN(C)CCC(O)c1cccc(F)c1F. The summed E-state index contributed by atoms with van der Waals surface area (Å²) in [7, 11) is 1.94. The van der Waals surface area contributed by atoms with Crippen LogP contribution in [0.2, 0.25) is 0 Å². The van der Waals surface area contributed by atoms with Gasteiger partial charge in [-0.3, -0.25) is 0 Å². The molecule has 2 nitrogen and oxygen atoms in total. The van der Waals surface area contributed by atoms with Crippen molar-refractivity contribution in [1.82, 2.24) is 4.90 Å². The summed E-state index contributed by atoms with van der Waals surface area (Å²) in [6.07, 6.45) is 0.475. The van der Waals surface area contributed by atoms with Crippen LogP contribution in [0.1, 0.15) is 31.4 Å². The molecule has 0 amide bonds. The first-order chi connectivity index (χ1) is 8.06. The van der Waals surface area contributed by atoms with Crippen LogP contribution in [0.5, 0.6) is 0 Å². The highest BCUT2D eigenvalue weighted by Crippen LogP contribution is 2.21. The smallest absolute Gasteiger partial charge is 0.164 e. The highest BCUT2D eigenvalue weighted by Gasteiger charge is 2.15. The molecule has 17 heavy (non-hydrogen) atoms. The van der Waals surface area contributed by atoms with Crippen molar-refractivity contribution < 1.29 is 13.9 Å². The van der Waals surface area contributed by atoms with Crippen LogP contribution in [0.15, 0.2) is 18.2 Å². The highest BCUT2D eigenvalue weighted by molar-refractivity contribution is 5.21. The van der Waals surface area contributed by atoms with Gasteiger partial charge in [0.05, 0.1) is 6.10 Å². The molecule has 0 saturated heterocycles. The minimum atomic E-state index is -0.954. The first kappa shape index (κ1) is 14.1. The van der Waals surface area contributed by atoms with E-state index in [-0.39, 0.29) is 5.56 Å². The van der Waals surface area contributed by atoms with Gasteiger partial charge >= 0.3 is 0 Å². The molecule has 4 heteroatoms. The number of benzene rings is 1. The molecule has 0 fully saturated rings. The molecule has 1 rings (SSSR count). The fourth-order valence-electron chi connectivity index (χ4n) is 1.77. The normalized spacial score (nSPS) is 13.1. The van der Waals surface area contributed by atoms with E-state index in [1.165, 1.54) is 12.1 Å². The summed E-state index contributed by atoms with van der Waals surface area (Å²) in [6.45, 7) is 3.66. The molecule has 0 aliphatic heterocycles. The number of aliphatic hydroxyl groups is 1. The molecule has 0 aliphatic carbocycles. The summed E-state index contributed by atoms with van der Waals surface area (Å²) in [5.74, 6) is -1.86. The van der Waals surface area contributed by atoms with Gasteiger partial charge in [-0.25, -0.2) is 8.78 Å². The van der Waals surface area contributed by atoms with Gasteiger partial charge in [0, 0.05) is 12.1 Å². The van der Waals surface area contributed by atoms with Crippen molar-refractivity contribution in [2.45, 2.75) is 25.9 Å². The second kappa shape index (κ2) is 6.67. The Bertz CT molecular complexity index is 357. The lowest BCUT2D eigenvalue weighted by atomic mass is 10.1. The largest absolute Gasteiger partial charge is 0.388 e. The first-order valence-corrected chi connectivity index (χ1v) is 5.86. The zero-order valence-electron chi connectivity index (χ0n) is 10.3. The summed E-state index contributed by atoms with van der Waals surface area (Å²) < 4.78 is 26.3. The van der Waals surface area contributed by atoms with E-state index in [0.717, 1.165) is 19.0 Å². The molecule has 1 N–H and O–H groups in total. The summed E-state index contributed by atoms with van der Waals surface area (Å²) in [5.41, 5.74) is 0.0369. The second-order valence-corrected chi connectivity index (χ2v) is 4.25. The lowest BCUT2D eigenvalue weighted by Crippen LogP contribution is -2.22. The molecule has 96 valence electrons. The van der Waals surface area contributed by atoms with Gasteiger partial charge in [0.15, 0.2) is 11.6 Å². The van der Waals surface area contributed by atoms with Gasteiger partial charge in [0.25, 0.3) is 0 Å². The zero-order chi connectivity index (χ0) is 12.8. The molecule has 1 unspecified atom stereocenters. The maximum absolute atomic E-state index is 13.4. The standard InChI is InChI=1S/C13H19F2NO/c1-3-8-16(2)9-7-12(17)10-5-4-6-11(14)13(10)15/h4-6,12,17H,3,7-9H2,1-2H3. The monoisotopic (exact) mass is 243 g/mol. The molecule has 0 radical (unpaired) electrons. The molecule has 0 spiro atoms. The van der Waals surface area contributed by atoms with E-state index in [2.05, 4.69) is 11.8 Å². The van der Waals surface area contributed by atoms with E-state index in [9.17, 15) is 13.9 Å². The Balaban J connectivity index is 2.58. The van der Waals surface area contributed by atoms with Crippen LogP contribution in [0.3, 0.4) is 0 Å². The average molecular weight is 243 g/mol. The van der Waals surface area contributed by atoms with Gasteiger partial charge in [-0.15, -0.1) is 0 Å². The van der Waals surface area contributed by atoms with Crippen LogP contribution in [-0.4, -0.2) is 30.1 Å². The van der Waals surface area contributed by atoms with Crippen LogP contribution in [0, 0.1) is 11.6 Å². The van der Waals surface area contributed by atoms with Crippen LogP contribution in [0.4, 0.5) is 8.78 Å². The van der Waals surface area contributed by atoms with E-state index < -0.39 is 17.7 Å². The molecule has 0 saturated carbocycles. The van der Waals surface area contributed by atoms with E-state index >= 15 is 0 Å². The predicted molar refractivity (Wildman–Crippen MR) is 63.7 cm³/mol. The summed E-state index contributed by atoms with van der Waals surface area (Å²) in [6, 6.07) is 3.88. The lowest BCUT2D eigenvalue weighted by Gasteiger charge is -2.18. The maximum atomic E-state index is 13.4. The fraction of sp³-hybridized carbons (Fsp3) is 0.538. The highest BCUT2D eigenvalue weighted by atomic mass is 19.2. The van der Waals surface area contributed by atoms with Crippen molar-refractivity contribution in [3.05, 3.63) is 35.4 Å².